The molecule has 2 aromatic rings. The summed E-state index contributed by atoms with van der Waals surface area (Å²) in [5, 5.41) is 9.65. The van der Waals surface area contributed by atoms with Crippen LogP contribution in [0.1, 0.15) is 68.6 Å². The SMILES string of the molecule is CCOC(=O)[C@@](CC#N)(C(=O)OC)[C@H](c1ccccc1)c1ccc(C(=O)N(C(C)C)C(C)C)cn1. The maximum atomic E-state index is 13.3. The van der Waals surface area contributed by atoms with Crippen molar-refractivity contribution in [1.29, 1.82) is 5.26 Å². The van der Waals surface area contributed by atoms with Gasteiger partial charge in [-0.1, -0.05) is 30.3 Å². The fourth-order valence-electron chi connectivity index (χ4n) is 4.40. The van der Waals surface area contributed by atoms with Crippen LogP contribution in [0.3, 0.4) is 0 Å². The lowest BCUT2D eigenvalue weighted by Gasteiger charge is -2.34. The average molecular weight is 480 g/mol. The number of pyridine rings is 1. The Kier molecular flexibility index (Phi) is 9.52. The lowest BCUT2D eigenvalue weighted by molar-refractivity contribution is -0.171. The first-order valence-corrected chi connectivity index (χ1v) is 11.6. The maximum absolute atomic E-state index is 13.3. The molecule has 2 rings (SSSR count). The standard InChI is InChI=1S/C27H33N3O5/c1-7-35-26(33)27(15-16-28,25(32)34-6)23(20-11-9-8-10-12-20)22-14-13-21(17-29-22)24(31)30(18(2)3)19(4)5/h8-14,17-19,23H,7,15H2,1-6H3/t23-,27-/m1/s1. The average Bonchev–Trinajstić information content (AvgIpc) is 2.83. The van der Waals surface area contributed by atoms with Gasteiger partial charge in [0.15, 0.2) is 5.41 Å². The van der Waals surface area contributed by atoms with Crippen molar-refractivity contribution in [2.45, 2.75) is 59.0 Å². The van der Waals surface area contributed by atoms with E-state index in [-0.39, 0.29) is 24.6 Å². The molecule has 1 amide bonds. The number of aromatic nitrogens is 1. The number of hydrogen-bond donors (Lipinski definition) is 0. The first-order chi connectivity index (χ1) is 16.6. The summed E-state index contributed by atoms with van der Waals surface area (Å²) in [6, 6.07) is 14.0. The van der Waals surface area contributed by atoms with Crippen LogP contribution < -0.4 is 0 Å². The van der Waals surface area contributed by atoms with Crippen LogP contribution in [0, 0.1) is 16.7 Å². The second kappa shape index (κ2) is 12.1. The van der Waals surface area contributed by atoms with E-state index in [1.54, 1.807) is 54.3 Å². The van der Waals surface area contributed by atoms with Crippen LogP contribution in [0.2, 0.25) is 0 Å². The zero-order valence-electron chi connectivity index (χ0n) is 21.1. The Labute approximate surface area is 206 Å². The van der Waals surface area contributed by atoms with E-state index in [1.807, 2.05) is 33.8 Å². The van der Waals surface area contributed by atoms with Crippen molar-refractivity contribution in [3.63, 3.8) is 0 Å². The lowest BCUT2D eigenvalue weighted by atomic mass is 9.68. The minimum Gasteiger partial charge on any atom is -0.468 e. The Morgan fingerprint density at radius 2 is 1.66 bits per heavy atom. The molecule has 0 spiro atoms. The summed E-state index contributed by atoms with van der Waals surface area (Å²) in [5.41, 5.74) is -0.690. The number of esters is 2. The molecular formula is C27H33N3O5. The van der Waals surface area contributed by atoms with Crippen molar-refractivity contribution < 1.29 is 23.9 Å². The molecule has 0 unspecified atom stereocenters. The Morgan fingerprint density at radius 3 is 2.11 bits per heavy atom. The van der Waals surface area contributed by atoms with E-state index < -0.39 is 29.7 Å². The fraction of sp³-hybridized carbons (Fsp3) is 0.444. The highest BCUT2D eigenvalue weighted by Crippen LogP contribution is 2.45. The van der Waals surface area contributed by atoms with Gasteiger partial charge in [-0.15, -0.1) is 0 Å². The number of nitriles is 1. The highest BCUT2D eigenvalue weighted by atomic mass is 16.6. The molecule has 0 aliphatic carbocycles. The molecule has 186 valence electrons. The number of methoxy groups -OCH3 is 1. The highest BCUT2D eigenvalue weighted by Gasteiger charge is 2.56. The van der Waals surface area contributed by atoms with Crippen LogP contribution >= 0.6 is 0 Å². The Bertz CT molecular complexity index is 1050. The monoisotopic (exact) mass is 479 g/mol. The van der Waals surface area contributed by atoms with Crippen LogP contribution in [0.4, 0.5) is 0 Å². The van der Waals surface area contributed by atoms with Gasteiger partial charge >= 0.3 is 11.9 Å². The van der Waals surface area contributed by atoms with Gasteiger partial charge in [0.2, 0.25) is 0 Å². The van der Waals surface area contributed by atoms with Crippen molar-refractivity contribution in [3.05, 3.63) is 65.5 Å². The maximum Gasteiger partial charge on any atom is 0.325 e. The van der Waals surface area contributed by atoms with Gasteiger partial charge < -0.3 is 14.4 Å². The first kappa shape index (κ1) is 27.5. The van der Waals surface area contributed by atoms with Crippen molar-refractivity contribution in [1.82, 2.24) is 9.88 Å². The molecule has 8 nitrogen and oxygen atoms in total. The van der Waals surface area contributed by atoms with Crippen molar-refractivity contribution >= 4 is 17.8 Å². The van der Waals surface area contributed by atoms with E-state index in [0.717, 1.165) is 7.11 Å². The Hall–Kier alpha value is -3.73. The molecule has 1 aromatic carbocycles. The topological polar surface area (TPSA) is 110 Å². The number of carbonyl (C=O) groups excluding carboxylic acids is 3. The summed E-state index contributed by atoms with van der Waals surface area (Å²) in [6.45, 7) is 9.41. The highest BCUT2D eigenvalue weighted by molar-refractivity contribution is 6.02. The summed E-state index contributed by atoms with van der Waals surface area (Å²) in [7, 11) is 1.16. The molecule has 0 fully saturated rings. The number of ether oxygens (including phenoxy) is 2. The number of hydrogen-bond acceptors (Lipinski definition) is 7. The van der Waals surface area contributed by atoms with Gasteiger partial charge in [0.05, 0.1) is 37.7 Å². The molecule has 0 N–H and O–H groups in total. The first-order valence-electron chi connectivity index (χ1n) is 11.6. The van der Waals surface area contributed by atoms with Crippen LogP contribution in [-0.4, -0.2) is 53.5 Å². The predicted molar refractivity (Wildman–Crippen MR) is 130 cm³/mol. The summed E-state index contributed by atoms with van der Waals surface area (Å²) < 4.78 is 10.3. The van der Waals surface area contributed by atoms with Crippen molar-refractivity contribution in [2.75, 3.05) is 13.7 Å². The van der Waals surface area contributed by atoms with E-state index >= 15 is 0 Å². The molecule has 0 bridgehead atoms. The third kappa shape index (κ3) is 5.68. The van der Waals surface area contributed by atoms with Gasteiger partial charge in [0, 0.05) is 24.0 Å². The second-order valence-corrected chi connectivity index (χ2v) is 8.73. The van der Waals surface area contributed by atoms with Gasteiger partial charge in [0.25, 0.3) is 5.91 Å². The van der Waals surface area contributed by atoms with Crippen LogP contribution in [0.25, 0.3) is 0 Å². The Morgan fingerprint density at radius 1 is 1.03 bits per heavy atom. The van der Waals surface area contributed by atoms with Crippen LogP contribution in [0.5, 0.6) is 0 Å². The quantitative estimate of drug-likeness (QED) is 0.373. The molecule has 8 heteroatoms. The molecule has 0 saturated carbocycles. The number of carbonyl (C=O) groups is 3. The normalized spacial score (nSPS) is 13.5. The molecule has 2 atom stereocenters. The van der Waals surface area contributed by atoms with Crippen molar-refractivity contribution in [3.8, 4) is 6.07 Å². The minimum absolute atomic E-state index is 0.00865. The zero-order chi connectivity index (χ0) is 26.2. The van der Waals surface area contributed by atoms with E-state index in [1.165, 1.54) is 6.20 Å². The molecular weight excluding hydrogens is 446 g/mol. The molecule has 1 heterocycles. The lowest BCUT2D eigenvalue weighted by Crippen LogP contribution is -2.47. The van der Waals surface area contributed by atoms with E-state index in [4.69, 9.17) is 9.47 Å². The zero-order valence-corrected chi connectivity index (χ0v) is 21.1. The minimum atomic E-state index is -1.98. The van der Waals surface area contributed by atoms with Gasteiger partial charge in [0.1, 0.15) is 0 Å². The molecule has 1 aromatic heterocycles. The fourth-order valence-corrected chi connectivity index (χ4v) is 4.40. The number of rotatable bonds is 10. The number of benzene rings is 1. The number of nitrogens with zero attached hydrogens (tertiary/aromatic N) is 3. The Balaban J connectivity index is 2.72. The predicted octanol–water partition coefficient (Wildman–Crippen LogP) is 4.11. The van der Waals surface area contributed by atoms with Gasteiger partial charge in [-0.05, 0) is 52.3 Å². The van der Waals surface area contributed by atoms with E-state index in [9.17, 15) is 19.6 Å². The van der Waals surface area contributed by atoms with Gasteiger partial charge in [-0.2, -0.15) is 5.26 Å². The molecule has 0 aliphatic rings. The summed E-state index contributed by atoms with van der Waals surface area (Å²) in [6.07, 6.45) is 0.958. The van der Waals surface area contributed by atoms with Gasteiger partial charge in [-0.25, -0.2) is 0 Å². The summed E-state index contributed by atoms with van der Waals surface area (Å²) >= 11 is 0. The van der Waals surface area contributed by atoms with E-state index in [2.05, 4.69) is 4.98 Å². The summed E-state index contributed by atoms with van der Waals surface area (Å²) in [4.78, 5) is 45.9. The number of amides is 1. The summed E-state index contributed by atoms with van der Waals surface area (Å²) in [5.74, 6) is -2.91. The molecule has 0 saturated heterocycles. The van der Waals surface area contributed by atoms with E-state index in [0.29, 0.717) is 16.8 Å². The molecule has 35 heavy (non-hydrogen) atoms. The van der Waals surface area contributed by atoms with Crippen LogP contribution in [-0.2, 0) is 19.1 Å². The van der Waals surface area contributed by atoms with Crippen molar-refractivity contribution in [2.24, 2.45) is 5.41 Å². The third-order valence-corrected chi connectivity index (χ3v) is 5.85. The largest absolute Gasteiger partial charge is 0.468 e. The smallest absolute Gasteiger partial charge is 0.325 e. The van der Waals surface area contributed by atoms with Gasteiger partial charge in [-0.3, -0.25) is 19.4 Å². The third-order valence-electron chi connectivity index (χ3n) is 5.85. The molecule has 0 aliphatic heterocycles. The second-order valence-electron chi connectivity index (χ2n) is 8.73. The molecule has 0 radical (unpaired) electrons. The van der Waals surface area contributed by atoms with Crippen LogP contribution in [0.15, 0.2) is 48.7 Å².